The Morgan fingerprint density at radius 2 is 1.90 bits per heavy atom. The normalized spacial score (nSPS) is 11.8. The fraction of sp³-hybridized carbons (Fsp3) is 0.280. The van der Waals surface area contributed by atoms with Crippen LogP contribution in [0.4, 0.5) is 13.2 Å². The Kier molecular flexibility index (Phi) is 7.55. The lowest BCUT2D eigenvalue weighted by molar-refractivity contribution is -0.147. The molecule has 2 amide bonds. The van der Waals surface area contributed by atoms with Crippen molar-refractivity contribution in [2.45, 2.75) is 46.0 Å². The van der Waals surface area contributed by atoms with Gasteiger partial charge in [0.25, 0.3) is 17.6 Å². The molecule has 16 heteroatoms. The maximum absolute atomic E-state index is 13.6. The molecule has 0 unspecified atom stereocenters. The van der Waals surface area contributed by atoms with E-state index in [9.17, 15) is 28.0 Å². The molecule has 3 N–H and O–H groups in total. The van der Waals surface area contributed by atoms with Gasteiger partial charge in [-0.05, 0) is 68.0 Å². The molecule has 12 nitrogen and oxygen atoms in total. The van der Waals surface area contributed by atoms with Gasteiger partial charge in [-0.15, -0.1) is 5.10 Å². The van der Waals surface area contributed by atoms with Crippen molar-refractivity contribution in [1.82, 2.24) is 40.3 Å². The highest BCUT2D eigenvalue weighted by Gasteiger charge is 2.39. The van der Waals surface area contributed by atoms with Crippen molar-refractivity contribution in [3.8, 4) is 23.0 Å². The number of carbonyl (C=O) groups is 2. The molecule has 0 radical (unpaired) electrons. The first kappa shape index (κ1) is 29.2. The van der Waals surface area contributed by atoms with Crippen LogP contribution >= 0.6 is 11.6 Å². The summed E-state index contributed by atoms with van der Waals surface area (Å²) >= 11 is 6.33. The van der Waals surface area contributed by atoms with Crippen LogP contribution in [-0.4, -0.2) is 52.3 Å². The third-order valence-corrected chi connectivity index (χ3v) is 5.96. The number of aryl methyl sites for hydroxylation is 1. The SMILES string of the molecule is Cc1cc(C#N)cc(C(=O)NC(C)(C)C)c1-c1c(Cn2nnnc2C(F)(F)F)nn(-c2ncccc2Cl)c1C(N)=O. The van der Waals surface area contributed by atoms with Gasteiger partial charge in [0.05, 0.1) is 28.9 Å². The number of tetrazole rings is 1. The number of rotatable bonds is 6. The zero-order chi connectivity index (χ0) is 30.3. The number of alkyl halides is 3. The molecule has 0 fully saturated rings. The lowest BCUT2D eigenvalue weighted by atomic mass is 9.90. The molecule has 212 valence electrons. The fourth-order valence-corrected chi connectivity index (χ4v) is 4.38. The first-order valence-electron chi connectivity index (χ1n) is 11.9. The molecule has 4 aromatic rings. The second kappa shape index (κ2) is 10.6. The summed E-state index contributed by atoms with van der Waals surface area (Å²) in [6.07, 6.45) is -3.55. The number of carbonyl (C=O) groups excluding carboxylic acids is 2. The summed E-state index contributed by atoms with van der Waals surface area (Å²) in [6.45, 7) is 6.10. The van der Waals surface area contributed by atoms with Crippen LogP contribution in [0, 0.1) is 18.3 Å². The highest BCUT2D eigenvalue weighted by molar-refractivity contribution is 6.32. The third kappa shape index (κ3) is 5.87. The van der Waals surface area contributed by atoms with E-state index in [1.54, 1.807) is 27.7 Å². The first-order valence-corrected chi connectivity index (χ1v) is 12.2. The molecule has 3 heterocycles. The Hall–Kier alpha value is -4.84. The van der Waals surface area contributed by atoms with Crippen LogP contribution in [0.15, 0.2) is 30.5 Å². The molecule has 3 aromatic heterocycles. The van der Waals surface area contributed by atoms with E-state index in [4.69, 9.17) is 17.3 Å². The number of nitrogens with one attached hydrogen (secondary N) is 1. The number of nitriles is 1. The Bertz CT molecular complexity index is 1710. The molecule has 0 aliphatic carbocycles. The van der Waals surface area contributed by atoms with Gasteiger partial charge in [0.2, 0.25) is 0 Å². The topological polar surface area (TPSA) is 170 Å². The number of nitrogens with two attached hydrogens (primary N) is 1. The Labute approximate surface area is 235 Å². The first-order chi connectivity index (χ1) is 19.1. The van der Waals surface area contributed by atoms with Gasteiger partial charge in [-0.2, -0.15) is 23.5 Å². The minimum Gasteiger partial charge on any atom is -0.364 e. The number of pyridine rings is 1. The quantitative estimate of drug-likeness (QED) is 0.346. The maximum atomic E-state index is 13.6. The average molecular weight is 587 g/mol. The minimum absolute atomic E-state index is 0.0420. The smallest absolute Gasteiger partial charge is 0.364 e. The largest absolute Gasteiger partial charge is 0.453 e. The second-order valence-electron chi connectivity index (χ2n) is 9.94. The van der Waals surface area contributed by atoms with Gasteiger partial charge >= 0.3 is 6.18 Å². The van der Waals surface area contributed by atoms with Crippen molar-refractivity contribution in [2.75, 3.05) is 0 Å². The number of nitrogens with zero attached hydrogens (tertiary/aromatic N) is 8. The van der Waals surface area contributed by atoms with Crippen molar-refractivity contribution in [3.63, 3.8) is 0 Å². The van der Waals surface area contributed by atoms with Crippen molar-refractivity contribution < 1.29 is 22.8 Å². The highest BCUT2D eigenvalue weighted by atomic mass is 35.5. The molecular weight excluding hydrogens is 565 g/mol. The van der Waals surface area contributed by atoms with Crippen molar-refractivity contribution in [3.05, 3.63) is 69.4 Å². The average Bonchev–Trinajstić information content (AvgIpc) is 3.48. The van der Waals surface area contributed by atoms with E-state index in [-0.39, 0.29) is 44.5 Å². The van der Waals surface area contributed by atoms with Gasteiger partial charge < -0.3 is 11.1 Å². The van der Waals surface area contributed by atoms with Gasteiger partial charge in [0, 0.05) is 28.4 Å². The summed E-state index contributed by atoms with van der Waals surface area (Å²) in [5, 5.41) is 26.5. The molecule has 0 saturated carbocycles. The summed E-state index contributed by atoms with van der Waals surface area (Å²) in [6, 6.07) is 7.74. The van der Waals surface area contributed by atoms with E-state index >= 15 is 0 Å². The van der Waals surface area contributed by atoms with Crippen LogP contribution in [0.25, 0.3) is 16.9 Å². The molecule has 0 saturated heterocycles. The van der Waals surface area contributed by atoms with Crippen LogP contribution in [0.5, 0.6) is 0 Å². The van der Waals surface area contributed by atoms with Gasteiger partial charge in [0.15, 0.2) is 5.82 Å². The summed E-state index contributed by atoms with van der Waals surface area (Å²) in [4.78, 5) is 30.7. The van der Waals surface area contributed by atoms with Crippen molar-refractivity contribution in [2.24, 2.45) is 5.73 Å². The summed E-state index contributed by atoms with van der Waals surface area (Å²) in [7, 11) is 0. The minimum atomic E-state index is -4.91. The summed E-state index contributed by atoms with van der Waals surface area (Å²) < 4.78 is 42.4. The van der Waals surface area contributed by atoms with E-state index in [2.05, 4.69) is 30.9 Å². The lowest BCUT2D eigenvalue weighted by Crippen LogP contribution is -2.40. The van der Waals surface area contributed by atoms with Crippen molar-refractivity contribution >= 4 is 23.4 Å². The molecule has 4 rings (SSSR count). The van der Waals surface area contributed by atoms with Crippen LogP contribution < -0.4 is 11.1 Å². The van der Waals surface area contributed by atoms with Gasteiger partial charge in [-0.1, -0.05) is 11.6 Å². The molecule has 0 aliphatic rings. The number of amides is 2. The van der Waals surface area contributed by atoms with Crippen LogP contribution in [0.3, 0.4) is 0 Å². The van der Waals surface area contributed by atoms with Crippen molar-refractivity contribution in [1.29, 1.82) is 5.26 Å². The monoisotopic (exact) mass is 586 g/mol. The van der Waals surface area contributed by atoms with E-state index in [1.807, 2.05) is 6.07 Å². The number of benzene rings is 1. The van der Waals surface area contributed by atoms with Crippen LogP contribution in [0.2, 0.25) is 5.02 Å². The van der Waals surface area contributed by atoms with E-state index in [0.29, 0.717) is 10.2 Å². The fourth-order valence-electron chi connectivity index (χ4n) is 4.18. The Balaban J connectivity index is 2.12. The molecule has 0 spiro atoms. The molecule has 0 aliphatic heterocycles. The molecule has 41 heavy (non-hydrogen) atoms. The number of aromatic nitrogens is 7. The molecule has 1 aromatic carbocycles. The van der Waals surface area contributed by atoms with Gasteiger partial charge in [0.1, 0.15) is 5.69 Å². The zero-order valence-electron chi connectivity index (χ0n) is 22.1. The number of primary amides is 1. The van der Waals surface area contributed by atoms with Gasteiger partial charge in [-0.3, -0.25) is 9.59 Å². The second-order valence-corrected chi connectivity index (χ2v) is 10.4. The molecular formula is C25H22ClF3N10O2. The number of hydrogen-bond donors (Lipinski definition) is 2. The van der Waals surface area contributed by atoms with Crippen LogP contribution in [-0.2, 0) is 12.7 Å². The van der Waals surface area contributed by atoms with Crippen LogP contribution in [0.1, 0.15) is 64.3 Å². The molecule has 0 atom stereocenters. The van der Waals surface area contributed by atoms with Gasteiger partial charge in [-0.25, -0.2) is 14.3 Å². The predicted octanol–water partition coefficient (Wildman–Crippen LogP) is 3.45. The number of halogens is 4. The Morgan fingerprint density at radius 3 is 2.49 bits per heavy atom. The van der Waals surface area contributed by atoms with E-state index in [1.165, 1.54) is 30.5 Å². The highest BCUT2D eigenvalue weighted by Crippen LogP contribution is 2.37. The standard InChI is InChI=1S/C25H22ClF3N10O2/c1-12-8-13(10-30)9-14(22(41)33-24(2,3)4)17(12)18-16(11-38-23(25(27,28)29)34-36-37-38)35-39(19(18)20(31)40)21-15(26)6-5-7-32-21/h5-9H,11H2,1-4H3,(H2,31,40)(H,33,41). The predicted molar refractivity (Wildman–Crippen MR) is 139 cm³/mol. The van der Waals surface area contributed by atoms with E-state index in [0.717, 1.165) is 4.68 Å². The maximum Gasteiger partial charge on any atom is 0.453 e. The third-order valence-electron chi connectivity index (χ3n) is 5.66. The van der Waals surface area contributed by atoms with E-state index < -0.39 is 35.9 Å². The lowest BCUT2D eigenvalue weighted by Gasteiger charge is -2.22. The summed E-state index contributed by atoms with van der Waals surface area (Å²) in [5.74, 6) is -3.12. The molecule has 0 bridgehead atoms. The zero-order valence-corrected chi connectivity index (χ0v) is 22.8. The number of hydrogen-bond acceptors (Lipinski definition) is 8. The Morgan fingerprint density at radius 1 is 1.20 bits per heavy atom. The summed E-state index contributed by atoms with van der Waals surface area (Å²) in [5.41, 5.74) is 5.08.